The van der Waals surface area contributed by atoms with Crippen LogP contribution < -0.4 is 14.2 Å². The average molecular weight is 391 g/mol. The molecule has 0 aliphatic carbocycles. The predicted molar refractivity (Wildman–Crippen MR) is 94.8 cm³/mol. The molecule has 0 fully saturated rings. The lowest BCUT2D eigenvalue weighted by molar-refractivity contribution is 0.211. The fraction of sp³-hybridized carbons (Fsp3) is 0.188. The highest BCUT2D eigenvalue weighted by atomic mass is 35.5. The molecule has 1 N–H and O–H groups in total. The van der Waals surface area contributed by atoms with Gasteiger partial charge in [0.25, 0.3) is 0 Å². The van der Waals surface area contributed by atoms with Crippen molar-refractivity contribution >= 4 is 41.0 Å². The number of hydrogen-bond donors (Lipinski definition) is 1. The third kappa shape index (κ3) is 4.84. The molecule has 2 aromatic rings. The third-order valence-corrected chi connectivity index (χ3v) is 3.75. The zero-order valence-electron chi connectivity index (χ0n) is 12.6. The van der Waals surface area contributed by atoms with E-state index in [4.69, 9.17) is 54.2 Å². The number of benzene rings is 2. The molecule has 0 atom stereocenters. The Labute approximate surface area is 154 Å². The van der Waals surface area contributed by atoms with Gasteiger partial charge in [0.15, 0.2) is 11.5 Å². The average Bonchev–Trinajstić information content (AvgIpc) is 2.54. The third-order valence-electron chi connectivity index (χ3n) is 2.94. The highest BCUT2D eigenvalue weighted by Crippen LogP contribution is 2.36. The first-order valence-electron chi connectivity index (χ1n) is 6.80. The molecule has 8 heteroatoms. The molecule has 2 rings (SSSR count). The van der Waals surface area contributed by atoms with Gasteiger partial charge in [0.1, 0.15) is 19.0 Å². The Morgan fingerprint density at radius 1 is 1.00 bits per heavy atom. The van der Waals surface area contributed by atoms with Crippen molar-refractivity contribution in [2.45, 2.75) is 0 Å². The fourth-order valence-electron chi connectivity index (χ4n) is 1.91. The first-order valence-corrected chi connectivity index (χ1v) is 7.94. The molecule has 0 bridgehead atoms. The lowest BCUT2D eigenvalue weighted by Gasteiger charge is -2.14. The van der Waals surface area contributed by atoms with Gasteiger partial charge < -0.3 is 19.4 Å². The number of hydrogen-bond acceptors (Lipinski definition) is 5. The van der Waals surface area contributed by atoms with Crippen LogP contribution >= 0.6 is 34.8 Å². The second kappa shape index (κ2) is 8.87. The van der Waals surface area contributed by atoms with E-state index in [9.17, 15) is 0 Å². The summed E-state index contributed by atoms with van der Waals surface area (Å²) >= 11 is 18.0. The van der Waals surface area contributed by atoms with E-state index in [1.807, 2.05) is 0 Å². The molecule has 0 amide bonds. The molecule has 2 aromatic carbocycles. The van der Waals surface area contributed by atoms with Crippen LogP contribution in [0.25, 0.3) is 0 Å². The van der Waals surface area contributed by atoms with Crippen molar-refractivity contribution in [2.24, 2.45) is 5.16 Å². The van der Waals surface area contributed by atoms with Crippen LogP contribution in [0.1, 0.15) is 5.56 Å². The van der Waals surface area contributed by atoms with Crippen LogP contribution in [0.3, 0.4) is 0 Å². The summed E-state index contributed by atoms with van der Waals surface area (Å²) in [5, 5.41) is 12.8. The van der Waals surface area contributed by atoms with Crippen LogP contribution in [0.4, 0.5) is 0 Å². The minimum Gasteiger partial charge on any atom is -0.493 e. The highest BCUT2D eigenvalue weighted by molar-refractivity contribution is 6.35. The maximum absolute atomic E-state index is 8.58. The van der Waals surface area contributed by atoms with Crippen molar-refractivity contribution in [2.75, 3.05) is 20.3 Å². The quantitative estimate of drug-likeness (QED) is 0.315. The van der Waals surface area contributed by atoms with Gasteiger partial charge in [-0.15, -0.1) is 0 Å². The number of methoxy groups -OCH3 is 1. The van der Waals surface area contributed by atoms with Crippen LogP contribution in [0.5, 0.6) is 17.2 Å². The van der Waals surface area contributed by atoms with E-state index in [0.717, 1.165) is 0 Å². The summed E-state index contributed by atoms with van der Waals surface area (Å²) in [4.78, 5) is 0. The van der Waals surface area contributed by atoms with Gasteiger partial charge in [0.05, 0.1) is 23.4 Å². The molecule has 5 nitrogen and oxygen atoms in total. The van der Waals surface area contributed by atoms with Crippen LogP contribution in [0.15, 0.2) is 35.5 Å². The van der Waals surface area contributed by atoms with E-state index in [1.54, 1.807) is 30.3 Å². The Morgan fingerprint density at radius 2 is 1.75 bits per heavy atom. The van der Waals surface area contributed by atoms with E-state index >= 15 is 0 Å². The minimum atomic E-state index is 0.225. The lowest BCUT2D eigenvalue weighted by Crippen LogP contribution is -2.10. The minimum absolute atomic E-state index is 0.225. The largest absolute Gasteiger partial charge is 0.493 e. The second-order valence-electron chi connectivity index (χ2n) is 4.55. The summed E-state index contributed by atoms with van der Waals surface area (Å²) < 4.78 is 16.4. The lowest BCUT2D eigenvalue weighted by atomic mass is 10.2. The van der Waals surface area contributed by atoms with Gasteiger partial charge in [-0.25, -0.2) is 0 Å². The van der Waals surface area contributed by atoms with Gasteiger partial charge >= 0.3 is 0 Å². The number of oxime groups is 1. The summed E-state index contributed by atoms with van der Waals surface area (Å²) in [6.45, 7) is 0.475. The standard InChI is InChI=1S/C16H14Cl3NO4/c1-22-15-7-10(9-20-21)6-13(19)16(15)24-5-4-23-14-3-2-11(17)8-12(14)18/h2-3,6-9,21H,4-5H2,1H3. The van der Waals surface area contributed by atoms with Gasteiger partial charge in [0.2, 0.25) is 0 Å². The van der Waals surface area contributed by atoms with Gasteiger partial charge in [-0.1, -0.05) is 40.0 Å². The van der Waals surface area contributed by atoms with Crippen molar-refractivity contribution < 1.29 is 19.4 Å². The molecule has 0 heterocycles. The van der Waals surface area contributed by atoms with E-state index < -0.39 is 0 Å². The number of nitrogens with zero attached hydrogens (tertiary/aromatic N) is 1. The van der Waals surface area contributed by atoms with Gasteiger partial charge in [0, 0.05) is 10.6 Å². The molecule has 0 unspecified atom stereocenters. The van der Waals surface area contributed by atoms with Gasteiger partial charge in [-0.2, -0.15) is 0 Å². The van der Waals surface area contributed by atoms with Crippen molar-refractivity contribution in [1.29, 1.82) is 0 Å². The van der Waals surface area contributed by atoms with E-state index in [2.05, 4.69) is 5.16 Å². The molecule has 128 valence electrons. The van der Waals surface area contributed by atoms with Crippen molar-refractivity contribution in [3.8, 4) is 17.2 Å². The molecule has 0 aliphatic heterocycles. The molecule has 0 saturated carbocycles. The normalized spacial score (nSPS) is 10.8. The zero-order chi connectivity index (χ0) is 17.5. The van der Waals surface area contributed by atoms with Crippen molar-refractivity contribution in [3.63, 3.8) is 0 Å². The van der Waals surface area contributed by atoms with E-state index in [0.29, 0.717) is 37.9 Å². The SMILES string of the molecule is COc1cc(C=NO)cc(Cl)c1OCCOc1ccc(Cl)cc1Cl. The van der Waals surface area contributed by atoms with Gasteiger partial charge in [-0.05, 0) is 30.3 Å². The molecule has 24 heavy (non-hydrogen) atoms. The molecular weight excluding hydrogens is 377 g/mol. The molecule has 0 aliphatic rings. The zero-order valence-corrected chi connectivity index (χ0v) is 14.9. The smallest absolute Gasteiger partial charge is 0.179 e. The summed E-state index contributed by atoms with van der Waals surface area (Å²) in [7, 11) is 1.49. The van der Waals surface area contributed by atoms with Crippen LogP contribution in [-0.2, 0) is 0 Å². The number of halogens is 3. The first kappa shape index (κ1) is 18.5. The Balaban J connectivity index is 1.99. The maximum Gasteiger partial charge on any atom is 0.179 e. The Hall–Kier alpha value is -1.82. The molecule has 0 aromatic heterocycles. The van der Waals surface area contributed by atoms with Gasteiger partial charge in [-0.3, -0.25) is 0 Å². The monoisotopic (exact) mass is 389 g/mol. The summed E-state index contributed by atoms with van der Waals surface area (Å²) in [6.07, 6.45) is 1.24. The summed E-state index contributed by atoms with van der Waals surface area (Å²) in [5.41, 5.74) is 0.580. The maximum atomic E-state index is 8.58. The van der Waals surface area contributed by atoms with E-state index in [-0.39, 0.29) is 13.2 Å². The molecule has 0 radical (unpaired) electrons. The summed E-state index contributed by atoms with van der Waals surface area (Å²) in [5.74, 6) is 1.30. The van der Waals surface area contributed by atoms with Crippen molar-refractivity contribution in [3.05, 3.63) is 51.0 Å². The number of rotatable bonds is 7. The van der Waals surface area contributed by atoms with Crippen molar-refractivity contribution in [1.82, 2.24) is 0 Å². The van der Waals surface area contributed by atoms with Crippen LogP contribution in [0.2, 0.25) is 15.1 Å². The highest BCUT2D eigenvalue weighted by Gasteiger charge is 2.12. The van der Waals surface area contributed by atoms with Crippen LogP contribution in [-0.4, -0.2) is 31.7 Å². The predicted octanol–water partition coefficient (Wildman–Crippen LogP) is 4.92. The van der Waals surface area contributed by atoms with Crippen LogP contribution in [0, 0.1) is 0 Å². The Bertz CT molecular complexity index is 738. The first-order chi connectivity index (χ1) is 11.5. The Morgan fingerprint density at radius 3 is 2.42 bits per heavy atom. The fourth-order valence-corrected chi connectivity index (χ4v) is 2.65. The summed E-state index contributed by atoms with van der Waals surface area (Å²) in [6, 6.07) is 8.20. The molecule has 0 saturated heterocycles. The van der Waals surface area contributed by atoms with E-state index in [1.165, 1.54) is 13.3 Å². The Kier molecular flexibility index (Phi) is 6.85. The second-order valence-corrected chi connectivity index (χ2v) is 5.80. The topological polar surface area (TPSA) is 60.3 Å². The molecular formula is C16H14Cl3NO4. The molecule has 0 spiro atoms. The number of ether oxygens (including phenoxy) is 3.